The fourth-order valence-electron chi connectivity index (χ4n) is 3.24. The highest BCUT2D eigenvalue weighted by atomic mass is 16.5. The molecule has 0 aliphatic rings. The zero-order valence-electron chi connectivity index (χ0n) is 17.2. The Morgan fingerprint density at radius 1 is 0.889 bits per heavy atom. The Morgan fingerprint density at radius 2 is 1.67 bits per heavy atom. The van der Waals surface area contributed by atoms with Crippen molar-refractivity contribution >= 4 is 0 Å². The number of benzene rings is 2. The molecule has 2 aromatic carbocycles. The van der Waals surface area contributed by atoms with Crippen LogP contribution >= 0.6 is 0 Å². The Hall–Kier alpha value is -2.00. The van der Waals surface area contributed by atoms with Gasteiger partial charge in [-0.15, -0.1) is 0 Å². The highest BCUT2D eigenvalue weighted by Gasteiger charge is 2.10. The van der Waals surface area contributed by atoms with Gasteiger partial charge in [0.25, 0.3) is 0 Å². The number of para-hydroxylation sites is 1. The smallest absolute Gasteiger partial charge is 0.165 e. The van der Waals surface area contributed by atoms with Crippen LogP contribution in [0.1, 0.15) is 55.7 Å². The van der Waals surface area contributed by atoms with Crippen molar-refractivity contribution in [3.63, 3.8) is 0 Å². The van der Waals surface area contributed by atoms with Crippen LogP contribution in [0, 0.1) is 6.92 Å². The summed E-state index contributed by atoms with van der Waals surface area (Å²) >= 11 is 0. The van der Waals surface area contributed by atoms with Crippen LogP contribution < -0.4 is 14.8 Å². The Kier molecular flexibility index (Phi) is 9.78. The lowest BCUT2D eigenvalue weighted by Crippen LogP contribution is -2.18. The van der Waals surface area contributed by atoms with E-state index in [0.29, 0.717) is 0 Å². The van der Waals surface area contributed by atoms with Crippen LogP contribution in [-0.2, 0) is 13.0 Å². The van der Waals surface area contributed by atoms with Crippen LogP contribution in [0.25, 0.3) is 0 Å². The number of methoxy groups -OCH3 is 1. The maximum absolute atomic E-state index is 6.11. The fourth-order valence-corrected chi connectivity index (χ4v) is 3.24. The third-order valence-electron chi connectivity index (χ3n) is 4.92. The monoisotopic (exact) mass is 369 g/mol. The molecule has 3 heteroatoms. The molecule has 0 aliphatic carbocycles. The van der Waals surface area contributed by atoms with Crippen LogP contribution in [0.2, 0.25) is 0 Å². The molecule has 0 atom stereocenters. The van der Waals surface area contributed by atoms with Gasteiger partial charge in [0.15, 0.2) is 11.5 Å². The summed E-state index contributed by atoms with van der Waals surface area (Å²) in [6, 6.07) is 14.7. The van der Waals surface area contributed by atoms with Gasteiger partial charge in [0.2, 0.25) is 0 Å². The maximum atomic E-state index is 6.11. The summed E-state index contributed by atoms with van der Waals surface area (Å²) in [4.78, 5) is 0. The Bertz CT molecular complexity index is 669. The highest BCUT2D eigenvalue weighted by Crippen LogP contribution is 2.31. The Morgan fingerprint density at radius 3 is 2.44 bits per heavy atom. The molecule has 0 amide bonds. The third kappa shape index (κ3) is 7.26. The van der Waals surface area contributed by atoms with Crippen molar-refractivity contribution < 1.29 is 9.47 Å². The van der Waals surface area contributed by atoms with Crippen LogP contribution in [0.4, 0.5) is 0 Å². The highest BCUT2D eigenvalue weighted by molar-refractivity contribution is 5.46. The topological polar surface area (TPSA) is 30.5 Å². The number of rotatable bonds is 13. The van der Waals surface area contributed by atoms with E-state index in [-0.39, 0.29) is 0 Å². The molecule has 1 N–H and O–H groups in total. The molecule has 0 aliphatic heterocycles. The van der Waals surface area contributed by atoms with Gasteiger partial charge in [-0.3, -0.25) is 0 Å². The minimum Gasteiger partial charge on any atom is -0.493 e. The number of unbranched alkanes of at least 4 members (excludes halogenated alkanes) is 4. The van der Waals surface area contributed by atoms with E-state index < -0.39 is 0 Å². The van der Waals surface area contributed by atoms with E-state index >= 15 is 0 Å². The van der Waals surface area contributed by atoms with E-state index in [1.54, 1.807) is 7.11 Å². The number of hydrogen-bond acceptors (Lipinski definition) is 3. The van der Waals surface area contributed by atoms with Crippen molar-refractivity contribution in [2.75, 3.05) is 20.3 Å². The lowest BCUT2D eigenvalue weighted by atomic mass is 10.1. The summed E-state index contributed by atoms with van der Waals surface area (Å²) in [5, 5.41) is 3.55. The first-order valence-corrected chi connectivity index (χ1v) is 10.3. The number of hydrogen-bond donors (Lipinski definition) is 1. The number of aryl methyl sites for hydroxylation is 1. The van der Waals surface area contributed by atoms with Crippen molar-refractivity contribution in [3.05, 3.63) is 59.2 Å². The van der Waals surface area contributed by atoms with E-state index in [9.17, 15) is 0 Å². The molecular weight excluding hydrogens is 334 g/mol. The standard InChI is InChI=1S/C24H35NO2/c1-4-5-6-7-10-18-27-24-22(14-11-15-23(24)26-3)19-25-17-16-21-13-9-8-12-20(21)2/h8-9,11-15,25H,4-7,10,16-19H2,1-3H3. The van der Waals surface area contributed by atoms with E-state index in [4.69, 9.17) is 9.47 Å². The number of nitrogens with one attached hydrogen (secondary N) is 1. The predicted octanol–water partition coefficient (Wildman–Crippen LogP) is 5.69. The second kappa shape index (κ2) is 12.4. The van der Waals surface area contributed by atoms with Gasteiger partial charge in [0, 0.05) is 12.1 Å². The molecular formula is C24H35NO2. The molecule has 0 heterocycles. The molecule has 0 saturated heterocycles. The average molecular weight is 370 g/mol. The molecule has 27 heavy (non-hydrogen) atoms. The molecule has 3 nitrogen and oxygen atoms in total. The second-order valence-corrected chi connectivity index (χ2v) is 7.06. The maximum Gasteiger partial charge on any atom is 0.165 e. The predicted molar refractivity (Wildman–Crippen MR) is 114 cm³/mol. The Labute approximate surface area is 165 Å². The first-order chi connectivity index (χ1) is 13.3. The second-order valence-electron chi connectivity index (χ2n) is 7.06. The average Bonchev–Trinajstić information content (AvgIpc) is 2.69. The van der Waals surface area contributed by atoms with Gasteiger partial charge in [-0.1, -0.05) is 69.0 Å². The molecule has 0 unspecified atom stereocenters. The lowest BCUT2D eigenvalue weighted by molar-refractivity contribution is 0.281. The fraction of sp³-hybridized carbons (Fsp3) is 0.500. The molecule has 0 bridgehead atoms. The molecule has 2 rings (SSSR count). The summed E-state index contributed by atoms with van der Waals surface area (Å²) in [5.74, 6) is 1.71. The van der Waals surface area contributed by atoms with Crippen molar-refractivity contribution in [1.82, 2.24) is 5.32 Å². The SMILES string of the molecule is CCCCCCCOc1c(CNCCc2ccccc2C)cccc1OC. The zero-order chi connectivity index (χ0) is 19.3. The van der Waals surface area contributed by atoms with Crippen LogP contribution in [0.5, 0.6) is 11.5 Å². The number of ether oxygens (including phenoxy) is 2. The molecule has 0 aromatic heterocycles. The summed E-state index contributed by atoms with van der Waals surface area (Å²) in [6.45, 7) is 6.89. The Balaban J connectivity index is 1.84. The van der Waals surface area contributed by atoms with Gasteiger partial charge >= 0.3 is 0 Å². The first-order valence-electron chi connectivity index (χ1n) is 10.3. The van der Waals surface area contributed by atoms with Gasteiger partial charge in [0.05, 0.1) is 13.7 Å². The molecule has 0 saturated carbocycles. The van der Waals surface area contributed by atoms with Gasteiger partial charge in [-0.05, 0) is 43.5 Å². The molecule has 148 valence electrons. The molecule has 0 radical (unpaired) electrons. The largest absolute Gasteiger partial charge is 0.493 e. The summed E-state index contributed by atoms with van der Waals surface area (Å²) in [7, 11) is 1.71. The van der Waals surface area contributed by atoms with E-state index in [1.165, 1.54) is 36.8 Å². The zero-order valence-corrected chi connectivity index (χ0v) is 17.2. The normalized spacial score (nSPS) is 10.8. The first kappa shape index (κ1) is 21.3. The summed E-state index contributed by atoms with van der Waals surface area (Å²) < 4.78 is 11.6. The van der Waals surface area contributed by atoms with Crippen LogP contribution in [0.3, 0.4) is 0 Å². The van der Waals surface area contributed by atoms with Crippen LogP contribution in [0.15, 0.2) is 42.5 Å². The van der Waals surface area contributed by atoms with Crippen molar-refractivity contribution in [2.45, 2.75) is 58.9 Å². The van der Waals surface area contributed by atoms with E-state index in [2.05, 4.69) is 49.5 Å². The molecule has 0 fully saturated rings. The molecule has 0 spiro atoms. The van der Waals surface area contributed by atoms with E-state index in [0.717, 1.165) is 49.6 Å². The van der Waals surface area contributed by atoms with Crippen molar-refractivity contribution in [1.29, 1.82) is 0 Å². The van der Waals surface area contributed by atoms with Gasteiger partial charge in [-0.25, -0.2) is 0 Å². The summed E-state index contributed by atoms with van der Waals surface area (Å²) in [6.07, 6.45) is 7.23. The van der Waals surface area contributed by atoms with Gasteiger partial charge < -0.3 is 14.8 Å². The molecule has 2 aromatic rings. The minimum absolute atomic E-state index is 0.750. The van der Waals surface area contributed by atoms with Crippen molar-refractivity contribution in [3.8, 4) is 11.5 Å². The summed E-state index contributed by atoms with van der Waals surface area (Å²) in [5.41, 5.74) is 3.92. The lowest BCUT2D eigenvalue weighted by Gasteiger charge is -2.16. The van der Waals surface area contributed by atoms with E-state index in [1.807, 2.05) is 12.1 Å². The minimum atomic E-state index is 0.750. The van der Waals surface area contributed by atoms with Gasteiger partial charge in [-0.2, -0.15) is 0 Å². The van der Waals surface area contributed by atoms with Crippen LogP contribution in [-0.4, -0.2) is 20.3 Å². The quantitative estimate of drug-likeness (QED) is 0.460. The third-order valence-corrected chi connectivity index (χ3v) is 4.92. The van der Waals surface area contributed by atoms with Crippen molar-refractivity contribution in [2.24, 2.45) is 0 Å². The van der Waals surface area contributed by atoms with Gasteiger partial charge in [0.1, 0.15) is 0 Å².